The zero-order valence-electron chi connectivity index (χ0n) is 14.3. The van der Waals surface area contributed by atoms with E-state index in [1.54, 1.807) is 7.11 Å². The maximum atomic E-state index is 12.9. The number of hydrogen-bond donors (Lipinski definition) is 1. The summed E-state index contributed by atoms with van der Waals surface area (Å²) < 4.78 is 18.1. The molecule has 0 heterocycles. The predicted molar refractivity (Wildman–Crippen MR) is 93.0 cm³/mol. The van der Waals surface area contributed by atoms with Gasteiger partial charge in [0, 0.05) is 18.2 Å². The quantitative estimate of drug-likeness (QED) is 0.756. The van der Waals surface area contributed by atoms with Crippen molar-refractivity contribution in [3.63, 3.8) is 0 Å². The Bertz CT molecular complexity index is 654. The number of halogens is 1. The van der Waals surface area contributed by atoms with Crippen molar-refractivity contribution in [1.82, 2.24) is 10.2 Å². The van der Waals surface area contributed by atoms with Gasteiger partial charge in [0.2, 0.25) is 0 Å². The number of Topliss-reactive ketones (excluding diaryl/α,β-unsaturated/α-hetero) is 1. The molecule has 0 spiro atoms. The van der Waals surface area contributed by atoms with Crippen LogP contribution in [0.15, 0.2) is 48.5 Å². The molecule has 5 heteroatoms. The van der Waals surface area contributed by atoms with E-state index in [2.05, 4.69) is 10.2 Å². The highest BCUT2D eigenvalue weighted by Gasteiger charge is 2.15. The van der Waals surface area contributed by atoms with E-state index in [0.717, 1.165) is 11.3 Å². The Kier molecular flexibility index (Phi) is 6.46. The average Bonchev–Trinajstić information content (AvgIpc) is 2.59. The standard InChI is InChI=1S/C19H23FN2O2/c1-22(2)18(14-6-10-17(24-3)11-7-14)12-21-13-19(23)15-4-8-16(20)9-5-15/h4-11,18,21H,12-13H2,1-3H3. The topological polar surface area (TPSA) is 41.6 Å². The van der Waals surface area contributed by atoms with Gasteiger partial charge in [-0.05, 0) is 56.1 Å². The Labute approximate surface area is 142 Å². The van der Waals surface area contributed by atoms with Crippen molar-refractivity contribution in [3.8, 4) is 5.75 Å². The fraction of sp³-hybridized carbons (Fsp3) is 0.316. The van der Waals surface area contributed by atoms with Crippen molar-refractivity contribution < 1.29 is 13.9 Å². The summed E-state index contributed by atoms with van der Waals surface area (Å²) in [5.74, 6) is 0.421. The number of ether oxygens (including phenoxy) is 1. The van der Waals surface area contributed by atoms with Crippen molar-refractivity contribution in [2.24, 2.45) is 0 Å². The molecule has 0 radical (unpaired) electrons. The first-order valence-corrected chi connectivity index (χ1v) is 7.81. The van der Waals surface area contributed by atoms with Crippen LogP contribution in [0.1, 0.15) is 22.0 Å². The first-order valence-electron chi connectivity index (χ1n) is 7.81. The van der Waals surface area contributed by atoms with Crippen molar-refractivity contribution in [2.45, 2.75) is 6.04 Å². The molecule has 2 aromatic carbocycles. The van der Waals surface area contributed by atoms with Crippen LogP contribution < -0.4 is 10.1 Å². The Morgan fingerprint density at radius 1 is 1.12 bits per heavy atom. The largest absolute Gasteiger partial charge is 0.497 e. The van der Waals surface area contributed by atoms with Crippen LogP contribution in [0, 0.1) is 5.82 Å². The third-order valence-corrected chi connectivity index (χ3v) is 3.91. The van der Waals surface area contributed by atoms with Crippen LogP contribution >= 0.6 is 0 Å². The van der Waals surface area contributed by atoms with Gasteiger partial charge in [-0.25, -0.2) is 4.39 Å². The number of nitrogens with one attached hydrogen (secondary N) is 1. The number of carbonyl (C=O) groups excluding carboxylic acids is 1. The number of rotatable bonds is 8. The van der Waals surface area contributed by atoms with Gasteiger partial charge in [-0.2, -0.15) is 0 Å². The van der Waals surface area contributed by atoms with E-state index in [1.807, 2.05) is 38.4 Å². The van der Waals surface area contributed by atoms with E-state index in [-0.39, 0.29) is 24.2 Å². The molecule has 0 aliphatic heterocycles. The van der Waals surface area contributed by atoms with Crippen LogP contribution in [0.4, 0.5) is 4.39 Å². The van der Waals surface area contributed by atoms with E-state index >= 15 is 0 Å². The lowest BCUT2D eigenvalue weighted by Crippen LogP contribution is -2.33. The first kappa shape index (κ1) is 18.1. The van der Waals surface area contributed by atoms with Crippen LogP contribution in [-0.4, -0.2) is 45.0 Å². The lowest BCUT2D eigenvalue weighted by molar-refractivity contribution is 0.0988. The third-order valence-electron chi connectivity index (χ3n) is 3.91. The van der Waals surface area contributed by atoms with Gasteiger partial charge in [0.05, 0.1) is 13.7 Å². The summed E-state index contributed by atoms with van der Waals surface area (Å²) in [6, 6.07) is 13.6. The van der Waals surface area contributed by atoms with Gasteiger partial charge in [-0.1, -0.05) is 12.1 Å². The SMILES string of the molecule is COc1ccc(C(CNCC(=O)c2ccc(F)cc2)N(C)C)cc1. The second-order valence-electron chi connectivity index (χ2n) is 5.81. The van der Waals surface area contributed by atoms with Gasteiger partial charge < -0.3 is 15.0 Å². The Morgan fingerprint density at radius 3 is 2.29 bits per heavy atom. The summed E-state index contributed by atoms with van der Waals surface area (Å²) in [6.45, 7) is 0.846. The minimum Gasteiger partial charge on any atom is -0.497 e. The van der Waals surface area contributed by atoms with Crippen LogP contribution in [0.25, 0.3) is 0 Å². The Morgan fingerprint density at radius 2 is 1.75 bits per heavy atom. The van der Waals surface area contributed by atoms with E-state index in [1.165, 1.54) is 24.3 Å². The number of ketones is 1. The van der Waals surface area contributed by atoms with Gasteiger partial charge in [0.25, 0.3) is 0 Å². The summed E-state index contributed by atoms with van der Waals surface area (Å²) in [6.07, 6.45) is 0. The average molecular weight is 330 g/mol. The minimum absolute atomic E-state index is 0.0535. The van der Waals surface area contributed by atoms with Crippen molar-refractivity contribution in [1.29, 1.82) is 0 Å². The molecule has 4 nitrogen and oxygen atoms in total. The second kappa shape index (κ2) is 8.57. The Hall–Kier alpha value is -2.24. The molecule has 2 rings (SSSR count). The molecule has 128 valence electrons. The van der Waals surface area contributed by atoms with Crippen LogP contribution in [-0.2, 0) is 0 Å². The molecule has 0 saturated carbocycles. The van der Waals surface area contributed by atoms with Gasteiger partial charge in [0.1, 0.15) is 11.6 Å². The number of nitrogens with zero attached hydrogens (tertiary/aromatic N) is 1. The predicted octanol–water partition coefficient (Wildman–Crippen LogP) is 2.91. The van der Waals surface area contributed by atoms with Gasteiger partial charge in [-0.15, -0.1) is 0 Å². The normalized spacial score (nSPS) is 12.2. The van der Waals surface area contributed by atoms with Crippen LogP contribution in [0.5, 0.6) is 5.75 Å². The molecule has 2 aromatic rings. The van der Waals surface area contributed by atoms with E-state index < -0.39 is 0 Å². The molecule has 0 aliphatic carbocycles. The number of methoxy groups -OCH3 is 1. The van der Waals surface area contributed by atoms with Crippen molar-refractivity contribution >= 4 is 5.78 Å². The molecular formula is C19H23FN2O2. The molecule has 24 heavy (non-hydrogen) atoms. The Balaban J connectivity index is 1.93. The molecule has 1 N–H and O–H groups in total. The van der Waals surface area contributed by atoms with Crippen LogP contribution in [0.2, 0.25) is 0 Å². The lowest BCUT2D eigenvalue weighted by atomic mass is 10.1. The number of hydrogen-bond acceptors (Lipinski definition) is 4. The van der Waals surface area contributed by atoms with Crippen molar-refractivity contribution in [3.05, 3.63) is 65.5 Å². The molecule has 0 fully saturated rings. The highest BCUT2D eigenvalue weighted by Crippen LogP contribution is 2.20. The lowest BCUT2D eigenvalue weighted by Gasteiger charge is -2.25. The molecule has 0 aromatic heterocycles. The summed E-state index contributed by atoms with van der Waals surface area (Å²) >= 11 is 0. The summed E-state index contributed by atoms with van der Waals surface area (Å²) in [5.41, 5.74) is 1.65. The zero-order valence-corrected chi connectivity index (χ0v) is 14.3. The maximum Gasteiger partial charge on any atom is 0.176 e. The monoisotopic (exact) mass is 330 g/mol. The van der Waals surface area contributed by atoms with Crippen molar-refractivity contribution in [2.75, 3.05) is 34.3 Å². The molecule has 0 bridgehead atoms. The summed E-state index contributed by atoms with van der Waals surface area (Å²) in [5, 5.41) is 3.19. The molecule has 0 aliphatic rings. The number of carbonyl (C=O) groups is 1. The smallest absolute Gasteiger partial charge is 0.176 e. The molecule has 1 unspecified atom stereocenters. The fourth-order valence-corrected chi connectivity index (χ4v) is 2.48. The van der Waals surface area contributed by atoms with E-state index in [9.17, 15) is 9.18 Å². The fourth-order valence-electron chi connectivity index (χ4n) is 2.48. The maximum absolute atomic E-state index is 12.9. The van der Waals surface area contributed by atoms with Gasteiger partial charge in [0.15, 0.2) is 5.78 Å². The van der Waals surface area contributed by atoms with E-state index in [4.69, 9.17) is 4.74 Å². The molecule has 1 atom stereocenters. The molecule has 0 saturated heterocycles. The summed E-state index contributed by atoms with van der Waals surface area (Å²) in [4.78, 5) is 14.2. The highest BCUT2D eigenvalue weighted by molar-refractivity contribution is 5.97. The highest BCUT2D eigenvalue weighted by atomic mass is 19.1. The van der Waals surface area contributed by atoms with Crippen LogP contribution in [0.3, 0.4) is 0 Å². The molecular weight excluding hydrogens is 307 g/mol. The summed E-state index contributed by atoms with van der Waals surface area (Å²) in [7, 11) is 5.64. The number of benzene rings is 2. The van der Waals surface area contributed by atoms with E-state index in [0.29, 0.717) is 12.1 Å². The van der Waals surface area contributed by atoms with Gasteiger partial charge in [-0.3, -0.25) is 4.79 Å². The zero-order chi connectivity index (χ0) is 17.5. The number of likely N-dealkylation sites (N-methyl/N-ethyl adjacent to an activating group) is 1. The van der Waals surface area contributed by atoms with Gasteiger partial charge >= 0.3 is 0 Å². The third kappa shape index (κ3) is 4.88. The first-order chi connectivity index (χ1) is 11.5. The minimum atomic E-state index is -0.341. The molecule has 0 amide bonds. The second-order valence-corrected chi connectivity index (χ2v) is 5.81.